The van der Waals surface area contributed by atoms with Gasteiger partial charge in [-0.25, -0.2) is 4.79 Å². The van der Waals surface area contributed by atoms with Gasteiger partial charge in [0.05, 0.1) is 12.0 Å². The number of carboxylic acid groups (broad SMARTS) is 1. The van der Waals surface area contributed by atoms with E-state index < -0.39 is 77.0 Å². The normalized spacial score (nSPS) is 13.9. The van der Waals surface area contributed by atoms with Crippen molar-refractivity contribution in [2.75, 3.05) is 0 Å². The molecule has 0 bridgehead atoms. The summed E-state index contributed by atoms with van der Waals surface area (Å²) < 4.78 is 0. The molecular formula is C26H40N6O7. The van der Waals surface area contributed by atoms with Gasteiger partial charge in [-0.3, -0.25) is 24.0 Å². The molecule has 1 rings (SSSR count). The number of primary amides is 1. The van der Waals surface area contributed by atoms with Gasteiger partial charge in [-0.05, 0) is 39.2 Å². The van der Waals surface area contributed by atoms with Crippen molar-refractivity contribution in [1.29, 1.82) is 0 Å². The maximum atomic E-state index is 13.4. The maximum Gasteiger partial charge on any atom is 0.326 e. The van der Waals surface area contributed by atoms with Crippen molar-refractivity contribution >= 4 is 35.5 Å². The average Bonchev–Trinajstić information content (AvgIpc) is 2.80. The van der Waals surface area contributed by atoms with Crippen molar-refractivity contribution in [3.8, 4) is 0 Å². The fraction of sp³-hybridized carbons (Fsp3) is 0.538. The van der Waals surface area contributed by atoms with E-state index >= 15 is 0 Å². The van der Waals surface area contributed by atoms with E-state index in [0.29, 0.717) is 5.56 Å². The highest BCUT2D eigenvalue weighted by atomic mass is 16.4. The Hall–Kier alpha value is -4.00. The van der Waals surface area contributed by atoms with Gasteiger partial charge >= 0.3 is 5.97 Å². The van der Waals surface area contributed by atoms with Crippen molar-refractivity contribution in [2.24, 2.45) is 17.4 Å². The third-order valence-corrected chi connectivity index (χ3v) is 5.75. The van der Waals surface area contributed by atoms with Gasteiger partial charge in [0.25, 0.3) is 0 Å². The van der Waals surface area contributed by atoms with Crippen LogP contribution in [0.15, 0.2) is 30.3 Å². The fourth-order valence-electron chi connectivity index (χ4n) is 3.37. The zero-order valence-electron chi connectivity index (χ0n) is 23.2. The lowest BCUT2D eigenvalue weighted by atomic mass is 9.98. The molecule has 39 heavy (non-hydrogen) atoms. The molecule has 0 radical (unpaired) electrons. The highest BCUT2D eigenvalue weighted by Gasteiger charge is 2.37. The second-order valence-corrected chi connectivity index (χ2v) is 10.8. The Labute approximate surface area is 227 Å². The van der Waals surface area contributed by atoms with Gasteiger partial charge < -0.3 is 37.8 Å². The van der Waals surface area contributed by atoms with Crippen molar-refractivity contribution < 1.29 is 33.9 Å². The lowest BCUT2D eigenvalue weighted by molar-refractivity contribution is -0.144. The van der Waals surface area contributed by atoms with E-state index in [1.54, 1.807) is 44.2 Å². The lowest BCUT2D eigenvalue weighted by Crippen LogP contribution is -2.63. The van der Waals surface area contributed by atoms with Crippen molar-refractivity contribution in [3.63, 3.8) is 0 Å². The Balaban J connectivity index is 3.21. The standard InChI is InChI=1S/C26H40N6O7/c1-14(2)19(22(36)37)31-24(39)26(5,6)32-21(35)16(12-15-10-8-7-9-11-15)29-20(34)17(13-18(27)33)30-23(38)25(3,4)28/h7-11,14,16-17,19H,12-13,28H2,1-6H3,(H2,27,33)(H,29,34)(H,30,38)(H,31,39)(H,32,35)(H,36,37)/t16-,17-,19-/m0/s1. The minimum Gasteiger partial charge on any atom is -0.480 e. The molecule has 0 aliphatic heterocycles. The van der Waals surface area contributed by atoms with Crippen LogP contribution in [-0.4, -0.2) is 69.8 Å². The second-order valence-electron chi connectivity index (χ2n) is 10.8. The van der Waals surface area contributed by atoms with Crippen LogP contribution in [0.25, 0.3) is 0 Å². The van der Waals surface area contributed by atoms with Gasteiger partial charge in [-0.15, -0.1) is 0 Å². The minimum atomic E-state index is -1.57. The largest absolute Gasteiger partial charge is 0.480 e. The van der Waals surface area contributed by atoms with Crippen LogP contribution in [0, 0.1) is 5.92 Å². The highest BCUT2D eigenvalue weighted by molar-refractivity contribution is 5.98. The Bertz CT molecular complexity index is 1070. The van der Waals surface area contributed by atoms with Crippen LogP contribution in [0.5, 0.6) is 0 Å². The predicted octanol–water partition coefficient (Wildman–Crippen LogP) is -1.07. The monoisotopic (exact) mass is 548 g/mol. The molecule has 1 aromatic carbocycles. The number of nitrogens with two attached hydrogens (primary N) is 2. The molecular weight excluding hydrogens is 508 g/mol. The number of benzene rings is 1. The molecule has 13 heteroatoms. The number of aliphatic carboxylic acids is 1. The number of hydrogen-bond donors (Lipinski definition) is 7. The number of amides is 5. The molecule has 0 spiro atoms. The molecule has 216 valence electrons. The summed E-state index contributed by atoms with van der Waals surface area (Å²) in [6.07, 6.45) is -0.549. The topological polar surface area (TPSA) is 223 Å². The van der Waals surface area contributed by atoms with Gasteiger partial charge in [-0.2, -0.15) is 0 Å². The summed E-state index contributed by atoms with van der Waals surface area (Å²) in [5.41, 5.74) is 8.78. The van der Waals surface area contributed by atoms with Gasteiger partial charge in [0.1, 0.15) is 23.7 Å². The van der Waals surface area contributed by atoms with Crippen LogP contribution >= 0.6 is 0 Å². The Morgan fingerprint density at radius 1 is 0.846 bits per heavy atom. The molecule has 13 nitrogen and oxygen atoms in total. The van der Waals surface area contributed by atoms with E-state index in [1.165, 1.54) is 27.7 Å². The molecule has 0 aliphatic rings. The maximum absolute atomic E-state index is 13.4. The zero-order chi connectivity index (χ0) is 30.1. The smallest absolute Gasteiger partial charge is 0.326 e. The molecule has 0 unspecified atom stereocenters. The van der Waals surface area contributed by atoms with E-state index in [2.05, 4.69) is 21.3 Å². The first kappa shape index (κ1) is 33.0. The van der Waals surface area contributed by atoms with E-state index in [0.717, 1.165) is 0 Å². The average molecular weight is 549 g/mol. The number of carbonyl (C=O) groups is 6. The quantitative estimate of drug-likeness (QED) is 0.151. The Morgan fingerprint density at radius 2 is 1.41 bits per heavy atom. The predicted molar refractivity (Wildman–Crippen MR) is 143 cm³/mol. The van der Waals surface area contributed by atoms with Crippen molar-refractivity contribution in [1.82, 2.24) is 21.3 Å². The first-order chi connectivity index (χ1) is 17.8. The van der Waals surface area contributed by atoms with Gasteiger partial charge in [0.2, 0.25) is 29.5 Å². The third-order valence-electron chi connectivity index (χ3n) is 5.75. The van der Waals surface area contributed by atoms with Gasteiger partial charge in [0, 0.05) is 6.42 Å². The van der Waals surface area contributed by atoms with Gasteiger partial charge in [0.15, 0.2) is 0 Å². The van der Waals surface area contributed by atoms with Crippen LogP contribution in [0.3, 0.4) is 0 Å². The summed E-state index contributed by atoms with van der Waals surface area (Å²) in [6.45, 7) is 8.86. The number of hydrogen-bond acceptors (Lipinski definition) is 7. The van der Waals surface area contributed by atoms with E-state index in [9.17, 15) is 33.9 Å². The van der Waals surface area contributed by atoms with Crippen molar-refractivity contribution in [3.05, 3.63) is 35.9 Å². The summed E-state index contributed by atoms with van der Waals surface area (Å²) in [7, 11) is 0. The fourth-order valence-corrected chi connectivity index (χ4v) is 3.37. The molecule has 1 aromatic rings. The summed E-state index contributed by atoms with van der Waals surface area (Å²) in [6, 6.07) is 4.85. The van der Waals surface area contributed by atoms with Crippen molar-refractivity contribution in [2.45, 2.75) is 83.6 Å². The highest BCUT2D eigenvalue weighted by Crippen LogP contribution is 2.11. The molecule has 0 saturated carbocycles. The second kappa shape index (κ2) is 13.7. The molecule has 0 heterocycles. The third kappa shape index (κ3) is 10.7. The SMILES string of the molecule is CC(C)[C@H](NC(=O)C(C)(C)NC(=O)[C@H](Cc1ccccc1)NC(=O)[C@H](CC(N)=O)NC(=O)C(C)(C)N)C(=O)O. The lowest BCUT2D eigenvalue weighted by Gasteiger charge is -2.31. The number of nitrogens with one attached hydrogen (secondary N) is 4. The van der Waals surface area contributed by atoms with Crippen LogP contribution < -0.4 is 32.7 Å². The van der Waals surface area contributed by atoms with E-state index in [4.69, 9.17) is 11.5 Å². The number of carboxylic acids is 1. The van der Waals surface area contributed by atoms with Crippen LogP contribution in [-0.2, 0) is 35.2 Å². The molecule has 3 atom stereocenters. The molecule has 5 amide bonds. The summed E-state index contributed by atoms with van der Waals surface area (Å²) >= 11 is 0. The van der Waals surface area contributed by atoms with E-state index in [1.807, 2.05) is 0 Å². The summed E-state index contributed by atoms with van der Waals surface area (Å²) in [5.74, 6) is -5.60. The first-order valence-electron chi connectivity index (χ1n) is 12.4. The van der Waals surface area contributed by atoms with E-state index in [-0.39, 0.29) is 6.42 Å². The van der Waals surface area contributed by atoms with Gasteiger partial charge in [-0.1, -0.05) is 44.2 Å². The molecule has 9 N–H and O–H groups in total. The molecule has 0 fully saturated rings. The summed E-state index contributed by atoms with van der Waals surface area (Å²) in [4.78, 5) is 74.9. The van der Waals surface area contributed by atoms with Crippen LogP contribution in [0.4, 0.5) is 0 Å². The van der Waals surface area contributed by atoms with Crippen LogP contribution in [0.2, 0.25) is 0 Å². The summed E-state index contributed by atoms with van der Waals surface area (Å²) in [5, 5.41) is 19.3. The Kier molecular flexibility index (Phi) is 11.6. The molecule has 0 aromatic heterocycles. The zero-order valence-corrected chi connectivity index (χ0v) is 23.2. The number of carbonyl (C=O) groups excluding carboxylic acids is 5. The molecule has 0 saturated heterocycles. The van der Waals surface area contributed by atoms with Crippen LogP contribution in [0.1, 0.15) is 53.5 Å². The Morgan fingerprint density at radius 3 is 1.87 bits per heavy atom. The number of rotatable bonds is 14. The first-order valence-corrected chi connectivity index (χ1v) is 12.4. The molecule has 0 aliphatic carbocycles. The minimum absolute atomic E-state index is 0.000519.